The minimum atomic E-state index is -1.53. The lowest BCUT2D eigenvalue weighted by Crippen LogP contribution is -2.52. The molecule has 3 aromatic carbocycles. The van der Waals surface area contributed by atoms with E-state index in [0.717, 1.165) is 16.9 Å². The molecule has 1 aromatic heterocycles. The van der Waals surface area contributed by atoms with Crippen molar-refractivity contribution in [3.63, 3.8) is 0 Å². The molecule has 2 unspecified atom stereocenters. The van der Waals surface area contributed by atoms with Gasteiger partial charge in [0.15, 0.2) is 5.78 Å². The van der Waals surface area contributed by atoms with Gasteiger partial charge in [-0.05, 0) is 53.9 Å². The molecule has 4 aromatic rings. The zero-order valence-corrected chi connectivity index (χ0v) is 19.4. The number of methoxy groups -OCH3 is 1. The van der Waals surface area contributed by atoms with E-state index in [1.54, 1.807) is 24.3 Å². The average molecular weight is 474 g/mol. The van der Waals surface area contributed by atoms with Gasteiger partial charge in [0.25, 0.3) is 0 Å². The van der Waals surface area contributed by atoms with E-state index in [2.05, 4.69) is 0 Å². The summed E-state index contributed by atoms with van der Waals surface area (Å²) in [7, 11) is 1.29. The summed E-state index contributed by atoms with van der Waals surface area (Å²) < 4.78 is 11.5. The third-order valence-corrected chi connectivity index (χ3v) is 7.52. The Morgan fingerprint density at radius 3 is 2.41 bits per heavy atom. The van der Waals surface area contributed by atoms with Gasteiger partial charge in [0.1, 0.15) is 21.9 Å². The second-order valence-corrected chi connectivity index (χ2v) is 9.31. The summed E-state index contributed by atoms with van der Waals surface area (Å²) in [6.45, 7) is 1.87. The SMILES string of the molecule is COC(=O)c1sc2c(N)ccc3c2c1C(N)C(=O)C3(N)c1ccc(Oc2ccccc2)cc1C. The number of anilines is 1. The van der Waals surface area contributed by atoms with Crippen molar-refractivity contribution in [3.8, 4) is 11.5 Å². The summed E-state index contributed by atoms with van der Waals surface area (Å²) in [5.41, 5.74) is 20.9. The van der Waals surface area contributed by atoms with Crippen LogP contribution in [0.3, 0.4) is 0 Å². The number of hydrogen-bond acceptors (Lipinski definition) is 8. The number of rotatable bonds is 4. The summed E-state index contributed by atoms with van der Waals surface area (Å²) in [5.74, 6) is 0.351. The Balaban J connectivity index is 1.70. The van der Waals surface area contributed by atoms with Crippen LogP contribution >= 0.6 is 11.3 Å². The molecule has 0 saturated carbocycles. The molecule has 2 atom stereocenters. The van der Waals surface area contributed by atoms with Crippen molar-refractivity contribution in [2.75, 3.05) is 12.8 Å². The molecule has 5 rings (SSSR count). The Hall–Kier alpha value is -3.72. The van der Waals surface area contributed by atoms with Crippen LogP contribution in [0, 0.1) is 6.92 Å². The van der Waals surface area contributed by atoms with E-state index in [1.807, 2.05) is 43.3 Å². The summed E-state index contributed by atoms with van der Waals surface area (Å²) >= 11 is 1.16. The number of nitrogen functional groups attached to an aromatic ring is 1. The van der Waals surface area contributed by atoms with Crippen LogP contribution in [0.4, 0.5) is 5.69 Å². The molecule has 0 bridgehead atoms. The van der Waals surface area contributed by atoms with Gasteiger partial charge in [-0.15, -0.1) is 11.3 Å². The van der Waals surface area contributed by atoms with Gasteiger partial charge in [-0.25, -0.2) is 4.79 Å². The standard InChI is InChI=1S/C26H23N3O4S/c1-13-12-15(33-14-6-4-3-5-7-14)8-9-16(13)26(29)17-10-11-18(27)22-19(17)20(21(28)24(26)30)23(34-22)25(31)32-2/h3-12,21H,27-29H2,1-2H3. The van der Waals surface area contributed by atoms with Crippen molar-refractivity contribution in [1.29, 1.82) is 0 Å². The molecule has 0 saturated heterocycles. The van der Waals surface area contributed by atoms with Crippen molar-refractivity contribution < 1.29 is 19.1 Å². The first-order chi connectivity index (χ1) is 16.3. The van der Waals surface area contributed by atoms with Crippen LogP contribution in [0.25, 0.3) is 10.1 Å². The molecule has 0 spiro atoms. The number of aryl methyl sites for hydroxylation is 1. The smallest absolute Gasteiger partial charge is 0.348 e. The topological polar surface area (TPSA) is 131 Å². The van der Waals surface area contributed by atoms with Gasteiger partial charge in [0.2, 0.25) is 0 Å². The van der Waals surface area contributed by atoms with E-state index in [4.69, 9.17) is 26.7 Å². The molecule has 7 nitrogen and oxygen atoms in total. The maximum atomic E-state index is 13.8. The zero-order valence-electron chi connectivity index (χ0n) is 18.6. The van der Waals surface area contributed by atoms with E-state index in [-0.39, 0.29) is 4.88 Å². The van der Waals surface area contributed by atoms with Gasteiger partial charge in [0, 0.05) is 16.6 Å². The van der Waals surface area contributed by atoms with E-state index < -0.39 is 23.3 Å². The number of thiophene rings is 1. The van der Waals surface area contributed by atoms with Crippen LogP contribution in [-0.4, -0.2) is 18.9 Å². The molecule has 1 aliphatic rings. The van der Waals surface area contributed by atoms with Crippen LogP contribution in [0.5, 0.6) is 11.5 Å². The lowest BCUT2D eigenvalue weighted by atomic mass is 9.69. The molecule has 0 amide bonds. The number of hydrogen-bond donors (Lipinski definition) is 3. The molecule has 1 aliphatic carbocycles. The highest BCUT2D eigenvalue weighted by atomic mass is 32.1. The molecule has 1 heterocycles. The van der Waals surface area contributed by atoms with Gasteiger partial charge in [-0.2, -0.15) is 0 Å². The summed E-state index contributed by atoms with van der Waals surface area (Å²) in [6.07, 6.45) is 0. The second kappa shape index (κ2) is 7.95. The number of carbonyl (C=O) groups excluding carboxylic acids is 2. The summed E-state index contributed by atoms with van der Waals surface area (Å²) in [5, 5.41) is 0.643. The van der Waals surface area contributed by atoms with Crippen molar-refractivity contribution in [3.05, 3.63) is 87.8 Å². The summed E-state index contributed by atoms with van der Waals surface area (Å²) in [4.78, 5) is 26.5. The molecule has 34 heavy (non-hydrogen) atoms. The van der Waals surface area contributed by atoms with E-state index >= 15 is 0 Å². The van der Waals surface area contributed by atoms with E-state index in [9.17, 15) is 9.59 Å². The van der Waals surface area contributed by atoms with Crippen LogP contribution in [0.15, 0.2) is 60.7 Å². The van der Waals surface area contributed by atoms with Gasteiger partial charge in [0.05, 0.1) is 17.9 Å². The lowest BCUT2D eigenvalue weighted by Gasteiger charge is -2.37. The fraction of sp³-hybridized carbons (Fsp3) is 0.154. The number of Topliss-reactive ketones (excluding diaryl/α,β-unsaturated/α-hetero) is 1. The van der Waals surface area contributed by atoms with E-state index in [0.29, 0.717) is 44.0 Å². The number of nitrogens with two attached hydrogens (primary N) is 3. The van der Waals surface area contributed by atoms with Crippen LogP contribution in [0.2, 0.25) is 0 Å². The van der Waals surface area contributed by atoms with Gasteiger partial charge in [-0.1, -0.05) is 30.3 Å². The first-order valence-corrected chi connectivity index (χ1v) is 11.5. The Morgan fingerprint density at radius 2 is 1.74 bits per heavy atom. The quantitative estimate of drug-likeness (QED) is 0.300. The van der Waals surface area contributed by atoms with Crippen LogP contribution in [0.1, 0.15) is 38.0 Å². The molecule has 0 aliphatic heterocycles. The highest BCUT2D eigenvalue weighted by Crippen LogP contribution is 2.50. The van der Waals surface area contributed by atoms with Crippen molar-refractivity contribution in [1.82, 2.24) is 0 Å². The van der Waals surface area contributed by atoms with Crippen LogP contribution < -0.4 is 21.9 Å². The maximum absolute atomic E-state index is 13.8. The Bertz CT molecular complexity index is 1460. The largest absolute Gasteiger partial charge is 0.465 e. The van der Waals surface area contributed by atoms with E-state index in [1.165, 1.54) is 7.11 Å². The number of benzene rings is 3. The molecule has 6 N–H and O–H groups in total. The minimum absolute atomic E-state index is 0.267. The molecule has 0 radical (unpaired) electrons. The molecule has 172 valence electrons. The highest BCUT2D eigenvalue weighted by molar-refractivity contribution is 7.21. The number of ketones is 1. The third kappa shape index (κ3) is 3.11. The predicted molar refractivity (Wildman–Crippen MR) is 132 cm³/mol. The molecule has 0 fully saturated rings. The highest BCUT2D eigenvalue weighted by Gasteiger charge is 2.49. The molecular formula is C26H23N3O4S. The molecule has 8 heteroatoms. The monoisotopic (exact) mass is 473 g/mol. The first kappa shape index (κ1) is 22.1. The van der Waals surface area contributed by atoms with Gasteiger partial charge >= 0.3 is 5.97 Å². The fourth-order valence-corrected chi connectivity index (χ4v) is 5.89. The zero-order chi connectivity index (χ0) is 24.2. The lowest BCUT2D eigenvalue weighted by molar-refractivity contribution is -0.124. The second-order valence-electron chi connectivity index (χ2n) is 8.28. The third-order valence-electron chi connectivity index (χ3n) is 6.29. The Labute approximate surface area is 200 Å². The van der Waals surface area contributed by atoms with Crippen molar-refractivity contribution in [2.45, 2.75) is 18.5 Å². The normalized spacial score (nSPS) is 19.3. The fourth-order valence-electron chi connectivity index (χ4n) is 4.67. The Morgan fingerprint density at radius 1 is 1.03 bits per heavy atom. The van der Waals surface area contributed by atoms with Crippen LogP contribution in [-0.2, 0) is 15.1 Å². The number of carbonyl (C=O) groups is 2. The van der Waals surface area contributed by atoms with Gasteiger partial charge < -0.3 is 26.7 Å². The van der Waals surface area contributed by atoms with Crippen molar-refractivity contribution in [2.24, 2.45) is 11.5 Å². The van der Waals surface area contributed by atoms with Gasteiger partial charge in [-0.3, -0.25) is 4.79 Å². The maximum Gasteiger partial charge on any atom is 0.348 e. The average Bonchev–Trinajstić information content (AvgIpc) is 3.24. The van der Waals surface area contributed by atoms with Crippen molar-refractivity contribution >= 4 is 38.9 Å². The number of para-hydroxylation sites is 1. The first-order valence-electron chi connectivity index (χ1n) is 10.6. The minimum Gasteiger partial charge on any atom is -0.465 e. The Kier molecular flexibility index (Phi) is 5.16. The predicted octanol–water partition coefficient (Wildman–Crippen LogP) is 4.16. The number of esters is 1. The summed E-state index contributed by atoms with van der Waals surface area (Å²) in [6, 6.07) is 17.2. The molecular weight excluding hydrogens is 450 g/mol. The number of ether oxygens (including phenoxy) is 2.